The Kier molecular flexibility index (Phi) is 4.06. The van der Waals surface area contributed by atoms with Gasteiger partial charge in [-0.25, -0.2) is 0 Å². The summed E-state index contributed by atoms with van der Waals surface area (Å²) in [6, 6.07) is 0. The maximum Gasteiger partial charge on any atom is 0.239 e. The Labute approximate surface area is 118 Å². The Balaban J connectivity index is 2.16. The van der Waals surface area contributed by atoms with Crippen LogP contribution < -0.4 is 10.6 Å². The Morgan fingerprint density at radius 2 is 1.53 bits per heavy atom. The minimum absolute atomic E-state index is 0.0501. The maximum absolute atomic E-state index is 11.7. The first-order valence-electron chi connectivity index (χ1n) is 5.06. The average molecular weight is 306 g/mol. The predicted molar refractivity (Wildman–Crippen MR) is 78.0 cm³/mol. The van der Waals surface area contributed by atoms with Crippen molar-refractivity contribution in [3.63, 3.8) is 0 Å². The Hall–Kier alpha value is -0.180. The lowest BCUT2D eigenvalue weighted by molar-refractivity contribution is -0.121. The second kappa shape index (κ2) is 5.21. The van der Waals surface area contributed by atoms with Gasteiger partial charge in [-0.3, -0.25) is 9.59 Å². The topological polar surface area (TPSA) is 58.2 Å². The fourth-order valence-electron chi connectivity index (χ4n) is 1.89. The number of carbonyl (C=O) groups is 2. The summed E-state index contributed by atoms with van der Waals surface area (Å²) >= 11 is 12.6. The maximum atomic E-state index is 11.7. The van der Waals surface area contributed by atoms with Gasteiger partial charge in [0.15, 0.2) is 0 Å². The van der Waals surface area contributed by atoms with Crippen LogP contribution in [-0.2, 0) is 9.59 Å². The third-order valence-electron chi connectivity index (χ3n) is 2.68. The summed E-state index contributed by atoms with van der Waals surface area (Å²) in [5.74, 6) is -0.248. The Morgan fingerprint density at radius 3 is 1.76 bits per heavy atom. The van der Waals surface area contributed by atoms with Gasteiger partial charge in [-0.1, -0.05) is 61.3 Å². The summed E-state index contributed by atoms with van der Waals surface area (Å²) in [6.45, 7) is 1.97. The van der Waals surface area contributed by atoms with Crippen molar-refractivity contribution in [1.29, 1.82) is 0 Å². The third kappa shape index (κ3) is 2.64. The molecule has 2 aliphatic rings. The van der Waals surface area contributed by atoms with Gasteiger partial charge in [-0.05, 0) is 0 Å². The molecule has 2 atom stereocenters. The highest BCUT2D eigenvalue weighted by Gasteiger charge is 2.44. The molecule has 2 fully saturated rings. The molecular weight excluding hydrogens is 296 g/mol. The van der Waals surface area contributed by atoms with Crippen molar-refractivity contribution in [2.45, 2.75) is 23.8 Å². The quantitative estimate of drug-likeness (QED) is 0.760. The first-order chi connectivity index (χ1) is 8.02. The highest BCUT2D eigenvalue weighted by Crippen LogP contribution is 2.37. The molecule has 0 unspecified atom stereocenters. The van der Waals surface area contributed by atoms with E-state index in [4.69, 9.17) is 24.4 Å². The average Bonchev–Trinajstić information content (AvgIpc) is 2.73. The van der Waals surface area contributed by atoms with Gasteiger partial charge in [0.2, 0.25) is 11.8 Å². The smallest absolute Gasteiger partial charge is 0.239 e. The number of thioether (sulfide) groups is 2. The van der Waals surface area contributed by atoms with E-state index in [9.17, 15) is 9.59 Å². The van der Waals surface area contributed by atoms with Crippen LogP contribution in [0.3, 0.4) is 0 Å². The number of carbonyl (C=O) groups excluding carboxylic acids is 2. The molecule has 0 aliphatic carbocycles. The number of nitrogens with one attached hydrogen (secondary N) is 2. The molecule has 4 nitrogen and oxygen atoms in total. The minimum Gasteiger partial charge on any atom is -0.311 e. The largest absolute Gasteiger partial charge is 0.311 e. The number of hydrogen-bond acceptors (Lipinski definition) is 6. The zero-order valence-electron chi connectivity index (χ0n) is 8.89. The van der Waals surface area contributed by atoms with Crippen LogP contribution in [0.2, 0.25) is 0 Å². The van der Waals surface area contributed by atoms with Gasteiger partial charge < -0.3 is 10.6 Å². The van der Waals surface area contributed by atoms with Crippen molar-refractivity contribution in [3.8, 4) is 0 Å². The van der Waals surface area contributed by atoms with Crippen molar-refractivity contribution in [1.82, 2.24) is 10.6 Å². The standard InChI is InChI=1S/C9H10N2O2S4/c1-2-3(4-6(12)10-8(14)16-4)5-7(13)11-9(15)17-5/h3-5H,2H2,1H3,(H,10,12,14)(H,11,13,15)/t4-,5-/m1/s1. The summed E-state index contributed by atoms with van der Waals surface area (Å²) in [5.41, 5.74) is 0. The SMILES string of the molecule is CCC([C@H]1SC(=S)NC1=O)[C@H]1SC(=S)NC1=O. The molecule has 2 rings (SSSR count). The number of rotatable bonds is 3. The lowest BCUT2D eigenvalue weighted by atomic mass is 9.96. The van der Waals surface area contributed by atoms with Crippen molar-refractivity contribution in [2.24, 2.45) is 5.92 Å². The van der Waals surface area contributed by atoms with Crippen LogP contribution in [0.1, 0.15) is 13.3 Å². The Bertz CT molecular complexity index is 376. The second-order valence-electron chi connectivity index (χ2n) is 3.70. The van der Waals surface area contributed by atoms with E-state index in [2.05, 4.69) is 10.6 Å². The molecule has 0 radical (unpaired) electrons. The highest BCUT2D eigenvalue weighted by atomic mass is 32.2. The monoisotopic (exact) mass is 306 g/mol. The fraction of sp³-hybridized carbons (Fsp3) is 0.556. The normalized spacial score (nSPS) is 28.8. The summed E-state index contributed by atoms with van der Waals surface area (Å²) < 4.78 is 0.980. The fourth-order valence-corrected chi connectivity index (χ4v) is 4.97. The van der Waals surface area contributed by atoms with Crippen molar-refractivity contribution in [3.05, 3.63) is 0 Å². The van der Waals surface area contributed by atoms with Crippen LogP contribution in [0, 0.1) is 5.92 Å². The molecule has 2 N–H and O–H groups in total. The van der Waals surface area contributed by atoms with Crippen molar-refractivity contribution >= 4 is 68.4 Å². The van der Waals surface area contributed by atoms with E-state index >= 15 is 0 Å². The van der Waals surface area contributed by atoms with Gasteiger partial charge in [0.05, 0.1) is 10.5 Å². The van der Waals surface area contributed by atoms with Gasteiger partial charge in [0.1, 0.15) is 8.64 Å². The van der Waals surface area contributed by atoms with Crippen LogP contribution in [0.25, 0.3) is 0 Å². The first-order valence-corrected chi connectivity index (χ1v) is 7.63. The summed E-state index contributed by atoms with van der Waals surface area (Å²) in [5, 5.41) is 4.66. The molecule has 2 amide bonds. The number of amides is 2. The van der Waals surface area contributed by atoms with Crippen molar-refractivity contribution < 1.29 is 9.59 Å². The number of hydrogen-bond donors (Lipinski definition) is 2. The van der Waals surface area contributed by atoms with Gasteiger partial charge in [-0.2, -0.15) is 0 Å². The second-order valence-corrected chi connectivity index (χ2v) is 7.34. The van der Waals surface area contributed by atoms with Gasteiger partial charge in [0.25, 0.3) is 0 Å². The molecular formula is C9H10N2O2S4. The first kappa shape index (κ1) is 13.3. The molecule has 0 aromatic carbocycles. The van der Waals surface area contributed by atoms with Crippen LogP contribution in [-0.4, -0.2) is 31.0 Å². The van der Waals surface area contributed by atoms with Crippen molar-refractivity contribution in [2.75, 3.05) is 0 Å². The molecule has 8 heteroatoms. The van der Waals surface area contributed by atoms with Crippen LogP contribution in [0.15, 0.2) is 0 Å². The molecule has 2 heterocycles. The van der Waals surface area contributed by atoms with Gasteiger partial charge >= 0.3 is 0 Å². The molecule has 0 aromatic rings. The van der Waals surface area contributed by atoms with E-state index in [1.807, 2.05) is 6.92 Å². The molecule has 2 aliphatic heterocycles. The summed E-state index contributed by atoms with van der Waals surface area (Å²) in [6.07, 6.45) is 0.738. The van der Waals surface area contributed by atoms with Crippen LogP contribution in [0.5, 0.6) is 0 Å². The zero-order valence-corrected chi connectivity index (χ0v) is 12.2. The molecule has 0 bridgehead atoms. The van der Waals surface area contributed by atoms with E-state index in [1.54, 1.807) is 0 Å². The lowest BCUT2D eigenvalue weighted by Crippen LogP contribution is -2.38. The van der Waals surface area contributed by atoms with Crippen LogP contribution in [0.4, 0.5) is 0 Å². The van der Waals surface area contributed by atoms with E-state index in [0.717, 1.165) is 6.42 Å². The predicted octanol–water partition coefficient (Wildman–Crippen LogP) is 1.05. The lowest BCUT2D eigenvalue weighted by Gasteiger charge is -2.22. The molecule has 0 spiro atoms. The third-order valence-corrected chi connectivity index (χ3v) is 5.73. The van der Waals surface area contributed by atoms with E-state index < -0.39 is 0 Å². The molecule has 92 valence electrons. The highest BCUT2D eigenvalue weighted by molar-refractivity contribution is 8.25. The summed E-state index contributed by atoms with van der Waals surface area (Å²) in [7, 11) is 0. The van der Waals surface area contributed by atoms with E-state index in [-0.39, 0.29) is 28.2 Å². The molecule has 17 heavy (non-hydrogen) atoms. The van der Waals surface area contributed by atoms with E-state index in [1.165, 1.54) is 23.5 Å². The summed E-state index contributed by atoms with van der Waals surface area (Å²) in [4.78, 5) is 23.5. The molecule has 0 aromatic heterocycles. The molecule has 0 saturated carbocycles. The van der Waals surface area contributed by atoms with Gasteiger partial charge in [0, 0.05) is 5.92 Å². The van der Waals surface area contributed by atoms with Gasteiger partial charge in [-0.15, -0.1) is 0 Å². The molecule has 2 saturated heterocycles. The van der Waals surface area contributed by atoms with Crippen LogP contribution >= 0.6 is 48.0 Å². The zero-order chi connectivity index (χ0) is 12.6. The Morgan fingerprint density at radius 1 is 1.12 bits per heavy atom. The minimum atomic E-state index is -0.281. The van der Waals surface area contributed by atoms with E-state index in [0.29, 0.717) is 8.64 Å². The number of thiocarbonyl (C=S) groups is 2.